The van der Waals surface area contributed by atoms with E-state index < -0.39 is 0 Å². The molecule has 6 heteroatoms. The molecule has 6 nitrogen and oxygen atoms in total. The zero-order valence-electron chi connectivity index (χ0n) is 13.5. The quantitative estimate of drug-likeness (QED) is 0.481. The van der Waals surface area contributed by atoms with Crippen LogP contribution in [0.5, 0.6) is 0 Å². The SMILES string of the molecule is CC1[C@@H]2CCCN2CC2CC(C3CCCN3C/C=N\O)ON21. The Morgan fingerprint density at radius 2 is 2.05 bits per heavy atom. The zero-order valence-corrected chi connectivity index (χ0v) is 13.5. The van der Waals surface area contributed by atoms with Crippen LogP contribution < -0.4 is 0 Å². The average Bonchev–Trinajstić information content (AvgIpc) is 3.23. The Morgan fingerprint density at radius 1 is 1.23 bits per heavy atom. The van der Waals surface area contributed by atoms with Crippen molar-refractivity contribution in [2.45, 2.75) is 69.3 Å². The van der Waals surface area contributed by atoms with Crippen molar-refractivity contribution in [3.8, 4) is 0 Å². The Bertz CT molecular complexity index is 432. The number of hydrogen-bond acceptors (Lipinski definition) is 6. The van der Waals surface area contributed by atoms with Gasteiger partial charge in [-0.05, 0) is 52.1 Å². The molecule has 4 heterocycles. The van der Waals surface area contributed by atoms with Gasteiger partial charge in [-0.2, -0.15) is 5.06 Å². The summed E-state index contributed by atoms with van der Waals surface area (Å²) in [4.78, 5) is 11.5. The zero-order chi connectivity index (χ0) is 15.1. The van der Waals surface area contributed by atoms with Crippen molar-refractivity contribution in [1.29, 1.82) is 0 Å². The first kappa shape index (κ1) is 14.9. The number of rotatable bonds is 3. The summed E-state index contributed by atoms with van der Waals surface area (Å²) in [7, 11) is 0. The Hall–Kier alpha value is -0.690. The molecule has 4 fully saturated rings. The summed E-state index contributed by atoms with van der Waals surface area (Å²) < 4.78 is 0. The lowest BCUT2D eigenvalue weighted by molar-refractivity contribution is -0.221. The lowest BCUT2D eigenvalue weighted by atomic mass is 9.97. The predicted molar refractivity (Wildman–Crippen MR) is 84.0 cm³/mol. The molecule has 0 amide bonds. The number of fused-ring (bicyclic) bond motifs is 2. The van der Waals surface area contributed by atoms with E-state index in [4.69, 9.17) is 10.0 Å². The number of hydrogen-bond donors (Lipinski definition) is 1. The van der Waals surface area contributed by atoms with E-state index in [1.807, 2.05) is 0 Å². The average molecular weight is 308 g/mol. The van der Waals surface area contributed by atoms with Gasteiger partial charge in [0, 0.05) is 31.2 Å². The summed E-state index contributed by atoms with van der Waals surface area (Å²) in [6.07, 6.45) is 8.13. The fourth-order valence-electron chi connectivity index (χ4n) is 5.17. The van der Waals surface area contributed by atoms with Crippen LogP contribution in [-0.4, -0.2) is 82.7 Å². The molecule has 0 aromatic carbocycles. The molecule has 0 bridgehead atoms. The summed E-state index contributed by atoms with van der Waals surface area (Å²) in [5, 5.41) is 14.2. The Morgan fingerprint density at radius 3 is 2.91 bits per heavy atom. The van der Waals surface area contributed by atoms with Crippen LogP contribution in [0.2, 0.25) is 0 Å². The molecular formula is C16H28N4O2. The number of piperazine rings is 1. The van der Waals surface area contributed by atoms with Crippen molar-refractivity contribution >= 4 is 6.21 Å². The van der Waals surface area contributed by atoms with E-state index in [-0.39, 0.29) is 0 Å². The minimum absolute atomic E-state index is 0.307. The van der Waals surface area contributed by atoms with Crippen molar-refractivity contribution in [3.05, 3.63) is 0 Å². The van der Waals surface area contributed by atoms with Gasteiger partial charge in [0.2, 0.25) is 0 Å². The predicted octanol–water partition coefficient (Wildman–Crippen LogP) is 1.15. The highest BCUT2D eigenvalue weighted by atomic mass is 16.7. The summed E-state index contributed by atoms with van der Waals surface area (Å²) >= 11 is 0. The molecule has 0 aromatic heterocycles. The minimum Gasteiger partial charge on any atom is -0.411 e. The minimum atomic E-state index is 0.307. The molecule has 0 aliphatic carbocycles. The molecule has 4 unspecified atom stereocenters. The maximum atomic E-state index is 8.67. The van der Waals surface area contributed by atoms with Gasteiger partial charge in [-0.15, -0.1) is 5.16 Å². The van der Waals surface area contributed by atoms with Gasteiger partial charge < -0.3 is 5.21 Å². The van der Waals surface area contributed by atoms with Crippen molar-refractivity contribution in [2.24, 2.45) is 5.16 Å². The molecule has 4 aliphatic rings. The van der Waals surface area contributed by atoms with Crippen LogP contribution in [0.4, 0.5) is 0 Å². The van der Waals surface area contributed by atoms with Crippen molar-refractivity contribution in [2.75, 3.05) is 26.2 Å². The van der Waals surface area contributed by atoms with E-state index in [1.54, 1.807) is 6.21 Å². The van der Waals surface area contributed by atoms with Crippen LogP contribution in [0.1, 0.15) is 39.0 Å². The molecule has 0 radical (unpaired) electrons. The molecule has 4 aliphatic heterocycles. The molecule has 5 atom stereocenters. The number of hydroxylamine groups is 2. The first-order chi connectivity index (χ1) is 10.8. The second kappa shape index (κ2) is 6.07. The lowest BCUT2D eigenvalue weighted by Gasteiger charge is -2.43. The van der Waals surface area contributed by atoms with Gasteiger partial charge >= 0.3 is 0 Å². The third kappa shape index (κ3) is 2.46. The van der Waals surface area contributed by atoms with Crippen LogP contribution >= 0.6 is 0 Å². The molecule has 4 saturated heterocycles. The van der Waals surface area contributed by atoms with Crippen LogP contribution in [0, 0.1) is 0 Å². The highest BCUT2D eigenvalue weighted by Crippen LogP contribution is 2.38. The van der Waals surface area contributed by atoms with E-state index in [0.717, 1.165) is 19.5 Å². The first-order valence-electron chi connectivity index (χ1n) is 8.87. The van der Waals surface area contributed by atoms with Gasteiger partial charge in [0.25, 0.3) is 0 Å². The van der Waals surface area contributed by atoms with E-state index in [9.17, 15) is 0 Å². The van der Waals surface area contributed by atoms with Gasteiger partial charge in [-0.3, -0.25) is 14.6 Å². The van der Waals surface area contributed by atoms with E-state index in [2.05, 4.69) is 26.9 Å². The molecule has 0 saturated carbocycles. The molecule has 0 spiro atoms. The van der Waals surface area contributed by atoms with Crippen molar-refractivity contribution in [1.82, 2.24) is 14.9 Å². The van der Waals surface area contributed by atoms with E-state index >= 15 is 0 Å². The number of likely N-dealkylation sites (tertiary alicyclic amines) is 1. The van der Waals surface area contributed by atoms with Gasteiger partial charge in [0.05, 0.1) is 18.4 Å². The second-order valence-electron chi connectivity index (χ2n) is 7.34. The van der Waals surface area contributed by atoms with Crippen LogP contribution in [-0.2, 0) is 4.84 Å². The molecule has 22 heavy (non-hydrogen) atoms. The van der Waals surface area contributed by atoms with Crippen LogP contribution in [0.25, 0.3) is 0 Å². The third-order valence-electron chi connectivity index (χ3n) is 6.18. The Kier molecular flexibility index (Phi) is 4.11. The first-order valence-corrected chi connectivity index (χ1v) is 8.87. The lowest BCUT2D eigenvalue weighted by Crippen LogP contribution is -2.58. The van der Waals surface area contributed by atoms with Gasteiger partial charge in [-0.25, -0.2) is 0 Å². The van der Waals surface area contributed by atoms with Crippen molar-refractivity contribution in [3.63, 3.8) is 0 Å². The molecule has 4 rings (SSSR count). The van der Waals surface area contributed by atoms with Gasteiger partial charge in [0.1, 0.15) is 0 Å². The molecular weight excluding hydrogens is 280 g/mol. The van der Waals surface area contributed by atoms with Crippen molar-refractivity contribution < 1.29 is 10.0 Å². The summed E-state index contributed by atoms with van der Waals surface area (Å²) in [5.41, 5.74) is 0. The fraction of sp³-hybridized carbons (Fsp3) is 0.938. The topological polar surface area (TPSA) is 51.5 Å². The summed E-state index contributed by atoms with van der Waals surface area (Å²) in [5.74, 6) is 0. The van der Waals surface area contributed by atoms with Crippen LogP contribution in [0.3, 0.4) is 0 Å². The maximum Gasteiger partial charge on any atom is 0.0964 e. The Balaban J connectivity index is 1.43. The molecule has 0 aromatic rings. The van der Waals surface area contributed by atoms with Gasteiger partial charge in [-0.1, -0.05) is 0 Å². The number of nitrogens with zero attached hydrogens (tertiary/aromatic N) is 4. The Labute approximate surface area is 132 Å². The number of oxime groups is 1. The second-order valence-corrected chi connectivity index (χ2v) is 7.34. The van der Waals surface area contributed by atoms with Crippen LogP contribution in [0.15, 0.2) is 5.16 Å². The van der Waals surface area contributed by atoms with Gasteiger partial charge in [0.15, 0.2) is 0 Å². The normalized spacial score (nSPS) is 44.0. The smallest absolute Gasteiger partial charge is 0.0964 e. The highest BCUT2D eigenvalue weighted by Gasteiger charge is 2.49. The summed E-state index contributed by atoms with van der Waals surface area (Å²) in [6.45, 7) is 6.60. The fourth-order valence-corrected chi connectivity index (χ4v) is 5.17. The standard InChI is InChI=1S/C16H28N4O2/c1-12-14-4-2-8-19(14)11-13-10-16(22-20(12)13)15-5-3-7-18(15)9-6-17-21/h6,12-16,21H,2-5,7-11H2,1H3/b17-6-/t12?,13?,14-,15?,16?/m0/s1. The molecule has 1 N–H and O–H groups in total. The molecule has 124 valence electrons. The maximum absolute atomic E-state index is 8.67. The van der Waals surface area contributed by atoms with E-state index in [1.165, 1.54) is 38.8 Å². The van der Waals surface area contributed by atoms with E-state index in [0.29, 0.717) is 30.3 Å². The monoisotopic (exact) mass is 308 g/mol. The third-order valence-corrected chi connectivity index (χ3v) is 6.18. The summed E-state index contributed by atoms with van der Waals surface area (Å²) in [6, 6.07) is 2.24. The largest absolute Gasteiger partial charge is 0.411 e. The highest BCUT2D eigenvalue weighted by molar-refractivity contribution is 5.58.